The summed E-state index contributed by atoms with van der Waals surface area (Å²) in [6.45, 7) is 2.15. The molecule has 3 aliphatic rings. The van der Waals surface area contributed by atoms with Gasteiger partial charge in [0.2, 0.25) is 0 Å². The standard InChI is InChI=1S/C25H27FO2S/c1-25-11-20(26)22-17-8-7-16(27)9-15(17)10-18(14-5-3-2-4-6-14)23(22)24(25)19(13-29)21(28)12-25/h2-9,13,18-24,27-28H,10-12H2,1H3/t18-,19+,20-,21+,22-,23+,24-,25+/m0/s1. The minimum atomic E-state index is -0.966. The molecule has 8 atom stereocenters. The molecule has 2 fully saturated rings. The molecule has 0 unspecified atom stereocenters. The molecule has 4 heteroatoms. The Morgan fingerprint density at radius 1 is 1.14 bits per heavy atom. The summed E-state index contributed by atoms with van der Waals surface area (Å²) in [6.07, 6.45) is 0.382. The normalized spacial score (nSPS) is 40.6. The van der Waals surface area contributed by atoms with Crippen molar-refractivity contribution >= 4 is 17.6 Å². The zero-order valence-corrected chi connectivity index (χ0v) is 17.4. The van der Waals surface area contributed by atoms with E-state index in [1.165, 1.54) is 5.56 Å². The summed E-state index contributed by atoms with van der Waals surface area (Å²) in [7, 11) is 0. The van der Waals surface area contributed by atoms with Crippen LogP contribution < -0.4 is 0 Å². The molecule has 0 spiro atoms. The van der Waals surface area contributed by atoms with Crippen molar-refractivity contribution in [1.29, 1.82) is 0 Å². The fourth-order valence-corrected chi connectivity index (χ4v) is 7.37. The maximum Gasteiger partial charge on any atom is 0.115 e. The van der Waals surface area contributed by atoms with Crippen molar-refractivity contribution in [2.24, 2.45) is 23.2 Å². The average Bonchev–Trinajstić information content (AvgIpc) is 2.96. The van der Waals surface area contributed by atoms with Gasteiger partial charge in [-0.3, -0.25) is 0 Å². The number of hydrogen-bond donors (Lipinski definition) is 2. The number of phenolic OH excluding ortho intramolecular Hbond substituents is 1. The molecule has 0 amide bonds. The zero-order chi connectivity index (χ0) is 20.3. The third kappa shape index (κ3) is 2.87. The number of hydrogen-bond acceptors (Lipinski definition) is 3. The third-order valence-electron chi connectivity index (χ3n) is 7.99. The van der Waals surface area contributed by atoms with E-state index < -0.39 is 12.3 Å². The van der Waals surface area contributed by atoms with E-state index in [4.69, 9.17) is 12.2 Å². The van der Waals surface area contributed by atoms with E-state index in [0.29, 0.717) is 12.8 Å². The molecule has 0 bridgehead atoms. The summed E-state index contributed by atoms with van der Waals surface area (Å²) in [5.41, 5.74) is 3.03. The molecule has 2 nitrogen and oxygen atoms in total. The molecule has 0 radical (unpaired) electrons. The van der Waals surface area contributed by atoms with E-state index in [1.54, 1.807) is 11.4 Å². The lowest BCUT2D eigenvalue weighted by Crippen LogP contribution is -2.50. The summed E-state index contributed by atoms with van der Waals surface area (Å²) in [5, 5.41) is 22.6. The second-order valence-corrected chi connectivity index (χ2v) is 9.86. The fourth-order valence-electron chi connectivity index (χ4n) is 7.02. The number of aliphatic hydroxyl groups excluding tert-OH is 1. The smallest absolute Gasteiger partial charge is 0.115 e. The molecular formula is C25H27FO2S. The van der Waals surface area contributed by atoms with Crippen LogP contribution in [0.2, 0.25) is 0 Å². The van der Waals surface area contributed by atoms with Crippen LogP contribution in [0.1, 0.15) is 48.3 Å². The SMILES string of the molecule is C[C@@]12C[C@@H](O)[C@@H](C=S)[C@H]1[C@H]1[C@@H](c3ccc(O)cc3C[C@H]1c1ccccc1)[C@@H](F)C2. The van der Waals surface area contributed by atoms with Crippen LogP contribution in [0, 0.1) is 23.2 Å². The molecule has 0 aliphatic heterocycles. The first kappa shape index (κ1) is 19.2. The lowest BCUT2D eigenvalue weighted by atomic mass is 9.50. The first-order valence-corrected chi connectivity index (χ1v) is 11.0. The van der Waals surface area contributed by atoms with Crippen molar-refractivity contribution < 1.29 is 14.6 Å². The van der Waals surface area contributed by atoms with Gasteiger partial charge in [-0.25, -0.2) is 4.39 Å². The molecule has 0 saturated heterocycles. The van der Waals surface area contributed by atoms with E-state index in [1.807, 2.05) is 30.3 Å². The Morgan fingerprint density at radius 2 is 1.90 bits per heavy atom. The number of rotatable bonds is 2. The van der Waals surface area contributed by atoms with Gasteiger partial charge in [0.15, 0.2) is 0 Å². The quantitative estimate of drug-likeness (QED) is 0.671. The maximum atomic E-state index is 15.8. The van der Waals surface area contributed by atoms with Gasteiger partial charge in [0.25, 0.3) is 0 Å². The molecule has 5 rings (SSSR count). The monoisotopic (exact) mass is 410 g/mol. The number of thiocarbonyl (C=S) groups is 1. The molecule has 2 aromatic carbocycles. The summed E-state index contributed by atoms with van der Waals surface area (Å²) in [5.74, 6) is 0.285. The van der Waals surface area contributed by atoms with E-state index in [9.17, 15) is 10.2 Å². The number of benzene rings is 2. The molecule has 2 aromatic rings. The predicted molar refractivity (Wildman–Crippen MR) is 116 cm³/mol. The van der Waals surface area contributed by atoms with Crippen LogP contribution >= 0.6 is 12.2 Å². The number of fused-ring (bicyclic) bond motifs is 5. The second kappa shape index (κ2) is 6.88. The topological polar surface area (TPSA) is 40.5 Å². The first-order chi connectivity index (χ1) is 13.9. The number of halogens is 1. The zero-order valence-electron chi connectivity index (χ0n) is 16.5. The van der Waals surface area contributed by atoms with Crippen LogP contribution in [0.3, 0.4) is 0 Å². The Morgan fingerprint density at radius 3 is 2.62 bits per heavy atom. The highest BCUT2D eigenvalue weighted by atomic mass is 32.1. The highest BCUT2D eigenvalue weighted by Crippen LogP contribution is 2.65. The van der Waals surface area contributed by atoms with Crippen molar-refractivity contribution in [2.45, 2.75) is 50.3 Å². The molecule has 3 aliphatic carbocycles. The predicted octanol–water partition coefficient (Wildman–Crippen LogP) is 5.18. The molecule has 0 heterocycles. The Hall–Kier alpha value is -1.78. The van der Waals surface area contributed by atoms with E-state index in [2.05, 4.69) is 19.1 Å². The van der Waals surface area contributed by atoms with Crippen LogP contribution in [0.4, 0.5) is 4.39 Å². The highest BCUT2D eigenvalue weighted by molar-refractivity contribution is 7.79. The van der Waals surface area contributed by atoms with Gasteiger partial charge in [-0.05, 0) is 76.6 Å². The molecule has 0 aromatic heterocycles. The number of aliphatic hydroxyl groups is 1. The van der Waals surface area contributed by atoms with Crippen molar-refractivity contribution in [3.05, 3.63) is 65.2 Å². The van der Waals surface area contributed by atoms with Crippen molar-refractivity contribution in [2.75, 3.05) is 0 Å². The number of phenols is 1. The second-order valence-electron chi connectivity index (χ2n) is 9.59. The van der Waals surface area contributed by atoms with Crippen molar-refractivity contribution in [1.82, 2.24) is 0 Å². The Kier molecular flexibility index (Phi) is 4.56. The van der Waals surface area contributed by atoms with Crippen molar-refractivity contribution in [3.8, 4) is 5.75 Å². The van der Waals surface area contributed by atoms with Gasteiger partial charge in [0.05, 0.1) is 6.10 Å². The minimum absolute atomic E-state index is 0.0737. The molecule has 29 heavy (non-hydrogen) atoms. The van der Waals surface area contributed by atoms with E-state index in [-0.39, 0.29) is 40.8 Å². The van der Waals surface area contributed by atoms with Crippen LogP contribution in [0.15, 0.2) is 48.5 Å². The third-order valence-corrected chi connectivity index (χ3v) is 8.31. The van der Waals surface area contributed by atoms with Gasteiger partial charge in [-0.2, -0.15) is 0 Å². The summed E-state index contributed by atoms with van der Waals surface area (Å²) < 4.78 is 15.8. The lowest BCUT2D eigenvalue weighted by Gasteiger charge is -2.54. The first-order valence-electron chi connectivity index (χ1n) is 10.6. The number of alkyl halides is 1. The molecular weight excluding hydrogens is 383 g/mol. The molecule has 2 saturated carbocycles. The summed E-state index contributed by atoms with van der Waals surface area (Å²) >= 11 is 5.37. The van der Waals surface area contributed by atoms with Crippen LogP contribution in [-0.4, -0.2) is 27.9 Å². The Bertz CT molecular complexity index is 932. The van der Waals surface area contributed by atoms with Gasteiger partial charge in [-0.15, -0.1) is 0 Å². The minimum Gasteiger partial charge on any atom is -0.508 e. The molecule has 2 N–H and O–H groups in total. The average molecular weight is 411 g/mol. The summed E-state index contributed by atoms with van der Waals surface area (Å²) in [6, 6.07) is 15.7. The van der Waals surface area contributed by atoms with Gasteiger partial charge in [0, 0.05) is 11.8 Å². The van der Waals surface area contributed by atoms with Gasteiger partial charge in [0.1, 0.15) is 11.9 Å². The van der Waals surface area contributed by atoms with Gasteiger partial charge < -0.3 is 10.2 Å². The fraction of sp³-hybridized carbons (Fsp3) is 0.480. The largest absolute Gasteiger partial charge is 0.508 e. The van der Waals surface area contributed by atoms with Gasteiger partial charge >= 0.3 is 0 Å². The molecule has 152 valence electrons. The highest BCUT2D eigenvalue weighted by Gasteiger charge is 2.62. The summed E-state index contributed by atoms with van der Waals surface area (Å²) in [4.78, 5) is 0. The van der Waals surface area contributed by atoms with E-state index >= 15 is 4.39 Å². The van der Waals surface area contributed by atoms with Crippen LogP contribution in [-0.2, 0) is 6.42 Å². The Balaban J connectivity index is 1.71. The van der Waals surface area contributed by atoms with Gasteiger partial charge in [-0.1, -0.05) is 55.5 Å². The van der Waals surface area contributed by atoms with Crippen molar-refractivity contribution in [3.63, 3.8) is 0 Å². The van der Waals surface area contributed by atoms with E-state index in [0.717, 1.165) is 17.5 Å². The Labute approximate surface area is 176 Å². The van der Waals surface area contributed by atoms with Crippen LogP contribution in [0.5, 0.6) is 5.75 Å². The number of aromatic hydroxyl groups is 1. The lowest BCUT2D eigenvalue weighted by molar-refractivity contribution is -0.0155. The maximum absolute atomic E-state index is 15.8. The van der Waals surface area contributed by atoms with Crippen LogP contribution in [0.25, 0.3) is 0 Å².